The van der Waals surface area contributed by atoms with Crippen molar-refractivity contribution in [3.05, 3.63) is 46.7 Å². The molecule has 0 aliphatic heterocycles. The number of nitrogens with one attached hydrogen (secondary N) is 2. The van der Waals surface area contributed by atoms with E-state index in [1.165, 1.54) is 5.56 Å². The SMILES string of the molecule is CN=C(NCC(C)Oc1ccccc1OC)NCC(C)c1ccsc1.I. The molecule has 1 heterocycles. The number of ether oxygens (including phenoxy) is 2. The standard InChI is InChI=1S/C19H27N3O2S.HI/c1-14(16-9-10-25-13-16)11-21-19(20-3)22-12-15(2)24-18-8-6-5-7-17(18)23-4;/h5-10,13-15H,11-12H2,1-4H3,(H2,20,21,22);1H. The molecule has 2 rings (SSSR count). The van der Waals surface area contributed by atoms with Crippen molar-refractivity contribution in [1.82, 2.24) is 10.6 Å². The first-order chi connectivity index (χ1) is 12.1. The third-order valence-corrected chi connectivity index (χ3v) is 4.57. The number of aliphatic imine (C=N–C) groups is 1. The number of guanidine groups is 1. The van der Waals surface area contributed by atoms with Gasteiger partial charge in [0.25, 0.3) is 0 Å². The molecule has 144 valence electrons. The van der Waals surface area contributed by atoms with Crippen LogP contribution in [0.15, 0.2) is 46.1 Å². The topological polar surface area (TPSA) is 54.9 Å². The largest absolute Gasteiger partial charge is 0.493 e. The second kappa shape index (κ2) is 12.0. The molecule has 1 aromatic heterocycles. The summed E-state index contributed by atoms with van der Waals surface area (Å²) in [7, 11) is 3.42. The van der Waals surface area contributed by atoms with Gasteiger partial charge in [0.05, 0.1) is 13.7 Å². The molecule has 0 aliphatic carbocycles. The molecule has 0 saturated carbocycles. The summed E-state index contributed by atoms with van der Waals surface area (Å²) in [4.78, 5) is 4.27. The normalized spacial score (nSPS) is 13.3. The van der Waals surface area contributed by atoms with E-state index >= 15 is 0 Å². The fourth-order valence-electron chi connectivity index (χ4n) is 2.36. The highest BCUT2D eigenvalue weighted by atomic mass is 127. The fraction of sp³-hybridized carbons (Fsp3) is 0.421. The van der Waals surface area contributed by atoms with Crippen molar-refractivity contribution < 1.29 is 9.47 Å². The number of halogens is 1. The van der Waals surface area contributed by atoms with Gasteiger partial charge < -0.3 is 20.1 Å². The van der Waals surface area contributed by atoms with Gasteiger partial charge in [-0.2, -0.15) is 11.3 Å². The van der Waals surface area contributed by atoms with Gasteiger partial charge in [-0.15, -0.1) is 24.0 Å². The summed E-state index contributed by atoms with van der Waals surface area (Å²) in [5, 5.41) is 11.0. The average molecular weight is 489 g/mol. The van der Waals surface area contributed by atoms with Crippen LogP contribution in [0.4, 0.5) is 0 Å². The summed E-state index contributed by atoms with van der Waals surface area (Å²) in [6, 6.07) is 9.82. The van der Waals surface area contributed by atoms with Gasteiger partial charge in [0, 0.05) is 13.6 Å². The molecule has 0 amide bonds. The molecule has 5 nitrogen and oxygen atoms in total. The van der Waals surface area contributed by atoms with Gasteiger partial charge in [0.15, 0.2) is 17.5 Å². The maximum atomic E-state index is 5.95. The van der Waals surface area contributed by atoms with Crippen molar-refractivity contribution in [1.29, 1.82) is 0 Å². The molecule has 2 aromatic rings. The molecule has 0 spiro atoms. The molecule has 1 aromatic carbocycles. The van der Waals surface area contributed by atoms with Crippen LogP contribution >= 0.6 is 35.3 Å². The van der Waals surface area contributed by atoms with Gasteiger partial charge in [0.1, 0.15) is 6.10 Å². The van der Waals surface area contributed by atoms with E-state index in [1.54, 1.807) is 25.5 Å². The monoisotopic (exact) mass is 489 g/mol. The van der Waals surface area contributed by atoms with Crippen molar-refractivity contribution >= 4 is 41.3 Å². The Bertz CT molecular complexity index is 665. The Hall–Kier alpha value is -1.48. The lowest BCUT2D eigenvalue weighted by Crippen LogP contribution is -2.42. The molecule has 2 unspecified atom stereocenters. The summed E-state index contributed by atoms with van der Waals surface area (Å²) in [6.45, 7) is 5.69. The Kier molecular flexibility index (Phi) is 10.4. The first kappa shape index (κ1) is 22.6. The van der Waals surface area contributed by atoms with E-state index < -0.39 is 0 Å². The van der Waals surface area contributed by atoms with Crippen molar-refractivity contribution in [2.45, 2.75) is 25.9 Å². The van der Waals surface area contributed by atoms with E-state index in [1.807, 2.05) is 31.2 Å². The van der Waals surface area contributed by atoms with Gasteiger partial charge >= 0.3 is 0 Å². The molecule has 0 radical (unpaired) electrons. The van der Waals surface area contributed by atoms with Crippen molar-refractivity contribution in [2.24, 2.45) is 4.99 Å². The number of thiophene rings is 1. The minimum atomic E-state index is -0.0239. The van der Waals surface area contributed by atoms with E-state index in [4.69, 9.17) is 9.47 Å². The van der Waals surface area contributed by atoms with Crippen LogP contribution in [0.2, 0.25) is 0 Å². The first-order valence-electron chi connectivity index (χ1n) is 8.40. The number of rotatable bonds is 8. The number of hydrogen-bond acceptors (Lipinski definition) is 4. The Morgan fingerprint density at radius 2 is 1.81 bits per heavy atom. The third kappa shape index (κ3) is 7.03. The minimum absolute atomic E-state index is 0. The van der Waals surface area contributed by atoms with Gasteiger partial charge in [-0.3, -0.25) is 4.99 Å². The number of hydrogen-bond donors (Lipinski definition) is 2. The van der Waals surface area contributed by atoms with E-state index in [0.29, 0.717) is 12.5 Å². The maximum Gasteiger partial charge on any atom is 0.191 e. The summed E-state index contributed by atoms with van der Waals surface area (Å²) in [6.07, 6.45) is -0.0239. The zero-order valence-electron chi connectivity index (χ0n) is 15.7. The molecule has 2 atom stereocenters. The highest BCUT2D eigenvalue weighted by Crippen LogP contribution is 2.26. The Labute approximate surface area is 177 Å². The van der Waals surface area contributed by atoms with Crippen LogP contribution in [-0.2, 0) is 0 Å². The second-order valence-electron chi connectivity index (χ2n) is 5.87. The smallest absolute Gasteiger partial charge is 0.191 e. The third-order valence-electron chi connectivity index (χ3n) is 3.87. The van der Waals surface area contributed by atoms with Crippen LogP contribution in [0.3, 0.4) is 0 Å². The number of nitrogens with zero attached hydrogens (tertiary/aromatic N) is 1. The molecule has 7 heteroatoms. The van der Waals surface area contributed by atoms with Crippen LogP contribution in [0.1, 0.15) is 25.3 Å². The van der Waals surface area contributed by atoms with Crippen LogP contribution in [0.25, 0.3) is 0 Å². The molecule has 0 bridgehead atoms. The zero-order chi connectivity index (χ0) is 18.1. The first-order valence-corrected chi connectivity index (χ1v) is 9.34. The predicted octanol–water partition coefficient (Wildman–Crippen LogP) is 4.11. The molecule has 0 fully saturated rings. The Morgan fingerprint density at radius 3 is 2.42 bits per heavy atom. The summed E-state index contributed by atoms with van der Waals surface area (Å²) in [5.74, 6) is 2.69. The van der Waals surface area contributed by atoms with Crippen molar-refractivity contribution in [2.75, 3.05) is 27.2 Å². The Morgan fingerprint density at radius 1 is 1.12 bits per heavy atom. The van der Waals surface area contributed by atoms with Crippen LogP contribution in [0.5, 0.6) is 11.5 Å². The van der Waals surface area contributed by atoms with Crippen molar-refractivity contribution in [3.63, 3.8) is 0 Å². The molecular weight excluding hydrogens is 461 g/mol. The molecule has 26 heavy (non-hydrogen) atoms. The highest BCUT2D eigenvalue weighted by Gasteiger charge is 2.10. The summed E-state index contributed by atoms with van der Waals surface area (Å²) in [5.41, 5.74) is 1.35. The lowest BCUT2D eigenvalue weighted by atomic mass is 10.1. The second-order valence-corrected chi connectivity index (χ2v) is 6.65. The molecule has 2 N–H and O–H groups in total. The van der Waals surface area contributed by atoms with Crippen molar-refractivity contribution in [3.8, 4) is 11.5 Å². The minimum Gasteiger partial charge on any atom is -0.493 e. The molecular formula is C19H28IN3O2S. The van der Waals surface area contributed by atoms with Crippen LogP contribution < -0.4 is 20.1 Å². The fourth-order valence-corrected chi connectivity index (χ4v) is 3.14. The average Bonchev–Trinajstić information content (AvgIpc) is 3.17. The van der Waals surface area contributed by atoms with Gasteiger partial charge in [0.2, 0.25) is 0 Å². The number of para-hydroxylation sites is 2. The Balaban J connectivity index is 0.00000338. The van der Waals surface area contributed by atoms with Crippen LogP contribution in [-0.4, -0.2) is 39.3 Å². The summed E-state index contributed by atoms with van der Waals surface area (Å²) >= 11 is 1.73. The van der Waals surface area contributed by atoms with Gasteiger partial charge in [-0.25, -0.2) is 0 Å². The van der Waals surface area contributed by atoms with E-state index in [-0.39, 0.29) is 30.1 Å². The summed E-state index contributed by atoms with van der Waals surface area (Å²) < 4.78 is 11.3. The van der Waals surface area contributed by atoms with E-state index in [0.717, 1.165) is 24.0 Å². The number of methoxy groups -OCH3 is 1. The quantitative estimate of drug-likeness (QED) is 0.333. The van der Waals surface area contributed by atoms with Gasteiger partial charge in [-0.1, -0.05) is 19.1 Å². The highest BCUT2D eigenvalue weighted by molar-refractivity contribution is 14.0. The van der Waals surface area contributed by atoms with E-state index in [2.05, 4.69) is 39.4 Å². The lowest BCUT2D eigenvalue weighted by molar-refractivity contribution is 0.213. The van der Waals surface area contributed by atoms with E-state index in [9.17, 15) is 0 Å². The molecule has 0 saturated heterocycles. The zero-order valence-corrected chi connectivity index (χ0v) is 18.8. The van der Waals surface area contributed by atoms with Gasteiger partial charge in [-0.05, 0) is 47.4 Å². The predicted molar refractivity (Wildman–Crippen MR) is 121 cm³/mol. The lowest BCUT2D eigenvalue weighted by Gasteiger charge is -2.20. The number of benzene rings is 1. The maximum absolute atomic E-state index is 5.95. The molecule has 0 aliphatic rings. The van der Waals surface area contributed by atoms with Crippen LogP contribution in [0, 0.1) is 0 Å².